The Bertz CT molecular complexity index is 953. The van der Waals surface area contributed by atoms with Gasteiger partial charge in [0, 0.05) is 28.4 Å². The molecule has 0 saturated heterocycles. The minimum atomic E-state index is -0.751. The van der Waals surface area contributed by atoms with E-state index in [1.165, 1.54) is 16.0 Å². The third kappa shape index (κ3) is 5.94. The lowest BCUT2D eigenvalue weighted by Gasteiger charge is -2.46. The van der Waals surface area contributed by atoms with E-state index in [0.717, 1.165) is 36.5 Å². The first-order valence-electron chi connectivity index (χ1n) is 11.8. The van der Waals surface area contributed by atoms with Gasteiger partial charge in [-0.25, -0.2) is 0 Å². The van der Waals surface area contributed by atoms with Crippen LogP contribution in [0.5, 0.6) is 11.5 Å². The van der Waals surface area contributed by atoms with Gasteiger partial charge < -0.3 is 14.6 Å². The fourth-order valence-corrected chi connectivity index (χ4v) is 6.28. The number of rotatable bonds is 11. The lowest BCUT2D eigenvalue weighted by molar-refractivity contribution is -0.136. The van der Waals surface area contributed by atoms with Gasteiger partial charge in [0.2, 0.25) is 0 Å². The number of hydrogen-bond donors (Lipinski definition) is 1. The Balaban J connectivity index is 2.07. The number of thioether (sulfide) groups is 1. The number of benzene rings is 2. The Hall–Kier alpha value is -2.40. The normalized spacial score (nSPS) is 20.9. The summed E-state index contributed by atoms with van der Waals surface area (Å²) in [5.74, 6) is 2.56. The Kier molecular flexibility index (Phi) is 8.90. The molecule has 33 heavy (non-hydrogen) atoms. The molecular weight excluding hydrogens is 432 g/mol. The zero-order valence-corrected chi connectivity index (χ0v) is 21.0. The van der Waals surface area contributed by atoms with Crippen molar-refractivity contribution in [1.82, 2.24) is 0 Å². The van der Waals surface area contributed by atoms with E-state index in [0.29, 0.717) is 12.3 Å². The van der Waals surface area contributed by atoms with Crippen LogP contribution in [0.3, 0.4) is 0 Å². The fraction of sp³-hybridized carbons (Fsp3) is 0.464. The van der Waals surface area contributed by atoms with E-state index in [2.05, 4.69) is 68.5 Å². The van der Waals surface area contributed by atoms with Crippen molar-refractivity contribution in [3.05, 3.63) is 65.7 Å². The Morgan fingerprint density at radius 3 is 2.52 bits per heavy atom. The molecule has 1 aliphatic rings. The molecule has 0 aromatic heterocycles. The monoisotopic (exact) mass is 468 g/mol. The van der Waals surface area contributed by atoms with E-state index < -0.39 is 5.97 Å². The van der Waals surface area contributed by atoms with Crippen LogP contribution in [0.1, 0.15) is 63.0 Å². The topological polar surface area (TPSA) is 55.8 Å². The lowest BCUT2D eigenvalue weighted by Crippen LogP contribution is -2.39. The number of unbranched alkanes of at least 4 members (excludes halogenated alkanes) is 1. The molecule has 178 valence electrons. The average molecular weight is 469 g/mol. The second-order valence-electron chi connectivity index (χ2n) is 8.98. The molecule has 2 aromatic carbocycles. The molecule has 0 fully saturated rings. The van der Waals surface area contributed by atoms with Gasteiger partial charge in [-0.05, 0) is 54.2 Å². The fourth-order valence-electron chi connectivity index (χ4n) is 4.91. The third-order valence-electron chi connectivity index (χ3n) is 6.75. The molecule has 3 unspecified atom stereocenters. The van der Waals surface area contributed by atoms with Crippen molar-refractivity contribution in [3.63, 3.8) is 0 Å². The standard InChI is InChI=1S/C28H36O4S/c1-5-6-9-20(10-7-8-11-26(29)30)27-24-17-16-23(32-4)18-25(24)33-19-28(27,2)21-12-14-22(31-3)15-13-21/h7,10,12-18,20,27H,5-6,8-9,11,19H2,1-4H3,(H,29,30). The maximum Gasteiger partial charge on any atom is 0.303 e. The molecule has 0 bridgehead atoms. The number of carboxylic acid groups (broad SMARTS) is 1. The van der Waals surface area contributed by atoms with Gasteiger partial charge in [-0.3, -0.25) is 4.79 Å². The summed E-state index contributed by atoms with van der Waals surface area (Å²) in [5.41, 5.74) is 2.59. The summed E-state index contributed by atoms with van der Waals surface area (Å²) < 4.78 is 10.9. The highest BCUT2D eigenvalue weighted by Gasteiger charge is 2.44. The SMILES string of the molecule is CCCCC(C=CCCC(=O)O)C1c2ccc(OC)cc2SCC1(C)c1ccc(OC)cc1. The highest BCUT2D eigenvalue weighted by Crippen LogP contribution is 2.54. The Labute approximate surface area is 202 Å². The number of allylic oxidation sites excluding steroid dienone is 2. The van der Waals surface area contributed by atoms with E-state index in [1.54, 1.807) is 14.2 Å². The second kappa shape index (κ2) is 11.6. The molecule has 0 radical (unpaired) electrons. The molecule has 3 rings (SSSR count). The number of ether oxygens (including phenoxy) is 2. The van der Waals surface area contributed by atoms with Crippen LogP contribution in [0.25, 0.3) is 0 Å². The van der Waals surface area contributed by atoms with Crippen LogP contribution in [0.2, 0.25) is 0 Å². The third-order valence-corrected chi connectivity index (χ3v) is 8.16. The number of fused-ring (bicyclic) bond motifs is 1. The maximum atomic E-state index is 11.0. The van der Waals surface area contributed by atoms with E-state index in [9.17, 15) is 4.79 Å². The molecule has 0 saturated carbocycles. The largest absolute Gasteiger partial charge is 0.497 e. The summed E-state index contributed by atoms with van der Waals surface area (Å²) >= 11 is 1.89. The first kappa shape index (κ1) is 25.2. The summed E-state index contributed by atoms with van der Waals surface area (Å²) in [5, 5.41) is 9.06. The summed E-state index contributed by atoms with van der Waals surface area (Å²) in [6, 6.07) is 15.0. The van der Waals surface area contributed by atoms with Crippen LogP contribution >= 0.6 is 11.8 Å². The molecule has 1 N–H and O–H groups in total. The molecule has 5 heteroatoms. The molecule has 0 spiro atoms. The molecule has 1 aliphatic heterocycles. The van der Waals surface area contributed by atoms with Crippen molar-refractivity contribution in [2.45, 2.75) is 62.2 Å². The van der Waals surface area contributed by atoms with Crippen LogP contribution in [0, 0.1) is 5.92 Å². The van der Waals surface area contributed by atoms with E-state index >= 15 is 0 Å². The summed E-state index contributed by atoms with van der Waals surface area (Å²) in [6.45, 7) is 4.60. The highest BCUT2D eigenvalue weighted by atomic mass is 32.2. The Morgan fingerprint density at radius 2 is 1.88 bits per heavy atom. The zero-order chi connectivity index (χ0) is 23.8. The number of hydrogen-bond acceptors (Lipinski definition) is 4. The van der Waals surface area contributed by atoms with E-state index in [-0.39, 0.29) is 17.8 Å². The average Bonchev–Trinajstić information content (AvgIpc) is 2.83. The van der Waals surface area contributed by atoms with Gasteiger partial charge in [0.15, 0.2) is 0 Å². The molecule has 0 amide bonds. The van der Waals surface area contributed by atoms with Gasteiger partial charge in [-0.15, -0.1) is 11.8 Å². The first-order chi connectivity index (χ1) is 15.9. The van der Waals surface area contributed by atoms with Gasteiger partial charge in [-0.2, -0.15) is 0 Å². The van der Waals surface area contributed by atoms with Crippen molar-refractivity contribution >= 4 is 17.7 Å². The minimum Gasteiger partial charge on any atom is -0.497 e. The molecule has 4 nitrogen and oxygen atoms in total. The summed E-state index contributed by atoms with van der Waals surface area (Å²) in [6.07, 6.45) is 8.45. The first-order valence-corrected chi connectivity index (χ1v) is 12.7. The van der Waals surface area contributed by atoms with Crippen LogP contribution < -0.4 is 9.47 Å². The van der Waals surface area contributed by atoms with Crippen LogP contribution in [0.15, 0.2) is 59.5 Å². The maximum absolute atomic E-state index is 11.0. The number of carbonyl (C=O) groups is 1. The van der Waals surface area contributed by atoms with Gasteiger partial charge >= 0.3 is 5.97 Å². The number of carboxylic acids is 1. The number of methoxy groups -OCH3 is 2. The van der Waals surface area contributed by atoms with Crippen molar-refractivity contribution in [3.8, 4) is 11.5 Å². The molecule has 3 atom stereocenters. The Morgan fingerprint density at radius 1 is 1.18 bits per heavy atom. The number of aliphatic carboxylic acids is 1. The van der Waals surface area contributed by atoms with E-state index in [1.807, 2.05) is 11.8 Å². The molecular formula is C28H36O4S. The van der Waals surface area contributed by atoms with Crippen LogP contribution in [-0.4, -0.2) is 31.0 Å². The van der Waals surface area contributed by atoms with E-state index in [4.69, 9.17) is 14.6 Å². The smallest absolute Gasteiger partial charge is 0.303 e. The minimum absolute atomic E-state index is 0.0753. The van der Waals surface area contributed by atoms with Gasteiger partial charge in [0.1, 0.15) is 11.5 Å². The van der Waals surface area contributed by atoms with Crippen LogP contribution in [-0.2, 0) is 10.2 Å². The lowest BCUT2D eigenvalue weighted by atomic mass is 9.63. The van der Waals surface area contributed by atoms with Crippen molar-refractivity contribution in [2.75, 3.05) is 20.0 Å². The van der Waals surface area contributed by atoms with Crippen molar-refractivity contribution in [2.24, 2.45) is 5.92 Å². The van der Waals surface area contributed by atoms with Gasteiger partial charge in [-0.1, -0.05) is 57.0 Å². The highest BCUT2D eigenvalue weighted by molar-refractivity contribution is 7.99. The summed E-state index contributed by atoms with van der Waals surface area (Å²) in [7, 11) is 3.41. The van der Waals surface area contributed by atoms with Gasteiger partial charge in [0.25, 0.3) is 0 Å². The zero-order valence-electron chi connectivity index (χ0n) is 20.2. The van der Waals surface area contributed by atoms with Crippen LogP contribution in [0.4, 0.5) is 0 Å². The summed E-state index contributed by atoms with van der Waals surface area (Å²) in [4.78, 5) is 12.3. The predicted molar refractivity (Wildman–Crippen MR) is 136 cm³/mol. The quantitative estimate of drug-likeness (QED) is 0.357. The van der Waals surface area contributed by atoms with Crippen molar-refractivity contribution < 1.29 is 19.4 Å². The van der Waals surface area contributed by atoms with Gasteiger partial charge in [0.05, 0.1) is 14.2 Å². The molecule has 0 aliphatic carbocycles. The predicted octanol–water partition coefficient (Wildman–Crippen LogP) is 7.08. The molecule has 1 heterocycles. The van der Waals surface area contributed by atoms with Crippen molar-refractivity contribution in [1.29, 1.82) is 0 Å². The molecule has 2 aromatic rings. The second-order valence-corrected chi connectivity index (χ2v) is 10.00.